The van der Waals surface area contributed by atoms with E-state index >= 15 is 0 Å². The van der Waals surface area contributed by atoms with E-state index in [1.165, 1.54) is 0 Å². The van der Waals surface area contributed by atoms with Crippen molar-refractivity contribution in [3.63, 3.8) is 0 Å². The summed E-state index contributed by atoms with van der Waals surface area (Å²) >= 11 is 0. The van der Waals surface area contributed by atoms with Gasteiger partial charge in [-0.1, -0.05) is 41.5 Å². The maximum atomic E-state index is 12.3. The third-order valence-electron chi connectivity index (χ3n) is 3.08. The zero-order valence-electron chi connectivity index (χ0n) is 13.3. The highest BCUT2D eigenvalue weighted by molar-refractivity contribution is 5.82. The Bertz CT molecular complexity index is 449. The van der Waals surface area contributed by atoms with Crippen LogP contribution >= 0.6 is 0 Å². The van der Waals surface area contributed by atoms with E-state index in [1.807, 2.05) is 0 Å². The van der Waals surface area contributed by atoms with Crippen LogP contribution in [0.25, 0.3) is 0 Å². The van der Waals surface area contributed by atoms with Crippen LogP contribution in [0.2, 0.25) is 0 Å². The second-order valence-corrected chi connectivity index (χ2v) is 7.42. The number of imidazole rings is 1. The van der Waals surface area contributed by atoms with Gasteiger partial charge in [-0.25, -0.2) is 10.4 Å². The fourth-order valence-electron chi connectivity index (χ4n) is 1.99. The van der Waals surface area contributed by atoms with Crippen LogP contribution in [0.3, 0.4) is 0 Å². The number of hydrogen-bond donors (Lipinski definition) is 2. The van der Waals surface area contributed by atoms with E-state index < -0.39 is 0 Å². The van der Waals surface area contributed by atoms with Gasteiger partial charge in [-0.2, -0.15) is 5.10 Å². The van der Waals surface area contributed by atoms with E-state index in [1.54, 1.807) is 18.7 Å². The van der Waals surface area contributed by atoms with E-state index in [9.17, 15) is 4.79 Å². The Hall–Kier alpha value is -1.65. The maximum Gasteiger partial charge on any atom is 0.243 e. The first-order valence-corrected chi connectivity index (χ1v) is 6.91. The van der Waals surface area contributed by atoms with E-state index in [4.69, 9.17) is 0 Å². The number of amides is 1. The minimum atomic E-state index is -0.0964. The van der Waals surface area contributed by atoms with Crippen molar-refractivity contribution in [2.45, 2.75) is 48.0 Å². The van der Waals surface area contributed by atoms with Crippen LogP contribution in [0.15, 0.2) is 17.6 Å². The van der Waals surface area contributed by atoms with Gasteiger partial charge in [-0.3, -0.25) is 4.79 Å². The van der Waals surface area contributed by atoms with Crippen molar-refractivity contribution >= 4 is 12.1 Å². The van der Waals surface area contributed by atoms with Crippen LogP contribution in [0.4, 0.5) is 0 Å². The Morgan fingerprint density at radius 2 is 2.05 bits per heavy atom. The lowest BCUT2D eigenvalue weighted by atomic mass is 9.72. The zero-order chi connectivity index (χ0) is 15.4. The predicted octanol–water partition coefficient (Wildman–Crippen LogP) is 2.96. The number of H-pyrrole nitrogens is 1. The summed E-state index contributed by atoms with van der Waals surface area (Å²) in [6.45, 7) is 12.7. The van der Waals surface area contributed by atoms with Gasteiger partial charge in [0.25, 0.3) is 0 Å². The molecule has 2 N–H and O–H groups in total. The summed E-state index contributed by atoms with van der Waals surface area (Å²) in [6, 6.07) is 0. The maximum absolute atomic E-state index is 12.3. The van der Waals surface area contributed by atoms with Crippen molar-refractivity contribution in [1.29, 1.82) is 0 Å². The summed E-state index contributed by atoms with van der Waals surface area (Å²) in [5.74, 6) is -0.121. The number of aromatic nitrogens is 2. The van der Waals surface area contributed by atoms with E-state index in [0.717, 1.165) is 12.1 Å². The van der Waals surface area contributed by atoms with Gasteiger partial charge in [0.1, 0.15) is 0 Å². The molecule has 0 saturated heterocycles. The molecule has 1 unspecified atom stereocenters. The van der Waals surface area contributed by atoms with Crippen LogP contribution in [-0.2, 0) is 4.79 Å². The third-order valence-corrected chi connectivity index (χ3v) is 3.08. The molecule has 0 saturated carbocycles. The number of nitrogens with zero attached hydrogens (tertiary/aromatic N) is 2. The van der Waals surface area contributed by atoms with Crippen LogP contribution < -0.4 is 5.43 Å². The number of carbonyl (C=O) groups is 1. The van der Waals surface area contributed by atoms with E-state index in [-0.39, 0.29) is 22.7 Å². The molecule has 0 aliphatic carbocycles. The topological polar surface area (TPSA) is 70.1 Å². The molecule has 1 aromatic heterocycles. The first kappa shape index (κ1) is 16.4. The minimum absolute atomic E-state index is 0.0387. The molecule has 1 atom stereocenters. The third kappa shape index (κ3) is 5.55. The van der Waals surface area contributed by atoms with Gasteiger partial charge in [0, 0.05) is 5.92 Å². The number of aromatic amines is 1. The van der Waals surface area contributed by atoms with Crippen molar-refractivity contribution < 1.29 is 4.79 Å². The summed E-state index contributed by atoms with van der Waals surface area (Å²) < 4.78 is 0. The molecule has 112 valence electrons. The Labute approximate surface area is 121 Å². The fraction of sp³-hybridized carbons (Fsp3) is 0.667. The molecule has 1 amide bonds. The Morgan fingerprint density at radius 3 is 2.50 bits per heavy atom. The lowest BCUT2D eigenvalue weighted by molar-refractivity contribution is -0.129. The van der Waals surface area contributed by atoms with Crippen LogP contribution in [0.5, 0.6) is 0 Å². The average Bonchev–Trinajstić information content (AvgIpc) is 2.76. The fourth-order valence-corrected chi connectivity index (χ4v) is 1.99. The van der Waals surface area contributed by atoms with Gasteiger partial charge in [0.05, 0.1) is 24.4 Å². The van der Waals surface area contributed by atoms with Gasteiger partial charge in [0.15, 0.2) is 0 Å². The van der Waals surface area contributed by atoms with Gasteiger partial charge >= 0.3 is 0 Å². The molecule has 20 heavy (non-hydrogen) atoms. The van der Waals surface area contributed by atoms with Gasteiger partial charge in [0.2, 0.25) is 5.91 Å². The lowest BCUT2D eigenvalue weighted by Gasteiger charge is -2.33. The van der Waals surface area contributed by atoms with Crippen LogP contribution in [-0.4, -0.2) is 22.1 Å². The molecule has 0 aliphatic heterocycles. The first-order chi connectivity index (χ1) is 9.09. The Kier molecular flexibility index (Phi) is 5.09. The van der Waals surface area contributed by atoms with Crippen molar-refractivity contribution in [2.24, 2.45) is 21.8 Å². The van der Waals surface area contributed by atoms with E-state index in [2.05, 4.69) is 62.0 Å². The smallest absolute Gasteiger partial charge is 0.243 e. The summed E-state index contributed by atoms with van der Waals surface area (Å²) in [5.41, 5.74) is 3.39. The molecule has 0 radical (unpaired) electrons. The molecule has 0 fully saturated rings. The van der Waals surface area contributed by atoms with Gasteiger partial charge < -0.3 is 4.98 Å². The Balaban J connectivity index is 2.69. The number of hydrazone groups is 1. The monoisotopic (exact) mass is 278 g/mol. The number of rotatable bonds is 4. The van der Waals surface area contributed by atoms with Crippen molar-refractivity contribution in [1.82, 2.24) is 15.4 Å². The number of carbonyl (C=O) groups excluding carboxylic acids is 1. The number of nitrogens with one attached hydrogen (secondary N) is 2. The molecule has 5 heteroatoms. The minimum Gasteiger partial charge on any atom is -0.344 e. The predicted molar refractivity (Wildman–Crippen MR) is 81.3 cm³/mol. The first-order valence-electron chi connectivity index (χ1n) is 6.91. The number of hydrogen-bond acceptors (Lipinski definition) is 3. The standard InChI is InChI=1S/C15H26N4O/c1-14(2,3)7-12(15(4,5)6)13(20)19-18-9-11-8-16-10-17-11/h8-10,12H,7H2,1-6H3,(H,16,17)(H,19,20)/b18-9+. The van der Waals surface area contributed by atoms with Crippen LogP contribution in [0, 0.1) is 16.7 Å². The molecule has 1 aromatic rings. The van der Waals surface area contributed by atoms with Crippen molar-refractivity contribution in [3.8, 4) is 0 Å². The molecular weight excluding hydrogens is 252 g/mol. The molecule has 0 aromatic carbocycles. The van der Waals surface area contributed by atoms with Gasteiger partial charge in [-0.15, -0.1) is 0 Å². The van der Waals surface area contributed by atoms with Crippen LogP contribution in [0.1, 0.15) is 53.7 Å². The molecular formula is C15H26N4O. The van der Waals surface area contributed by atoms with Gasteiger partial charge in [-0.05, 0) is 17.3 Å². The van der Waals surface area contributed by atoms with E-state index in [0.29, 0.717) is 0 Å². The summed E-state index contributed by atoms with van der Waals surface area (Å²) in [5, 5.41) is 3.98. The second kappa shape index (κ2) is 6.20. The highest BCUT2D eigenvalue weighted by atomic mass is 16.2. The molecule has 0 bridgehead atoms. The largest absolute Gasteiger partial charge is 0.344 e. The summed E-state index contributed by atoms with van der Waals surface area (Å²) in [7, 11) is 0. The quantitative estimate of drug-likeness (QED) is 0.656. The molecule has 0 spiro atoms. The molecule has 0 aliphatic rings. The molecule has 1 rings (SSSR count). The average molecular weight is 278 g/mol. The summed E-state index contributed by atoms with van der Waals surface area (Å²) in [6.07, 6.45) is 5.59. The normalized spacial score (nSPS) is 14.5. The highest BCUT2D eigenvalue weighted by Gasteiger charge is 2.34. The van der Waals surface area contributed by atoms with Crippen molar-refractivity contribution in [2.75, 3.05) is 0 Å². The molecule has 5 nitrogen and oxygen atoms in total. The zero-order valence-corrected chi connectivity index (χ0v) is 13.3. The Morgan fingerprint density at radius 1 is 1.40 bits per heavy atom. The molecule has 1 heterocycles. The highest BCUT2D eigenvalue weighted by Crippen LogP contribution is 2.36. The lowest BCUT2D eigenvalue weighted by Crippen LogP contribution is -2.38. The summed E-state index contributed by atoms with van der Waals surface area (Å²) in [4.78, 5) is 19.1. The SMILES string of the molecule is CC(C)(C)CC(C(=O)N/N=C/c1cnc[nH]1)C(C)(C)C. The van der Waals surface area contributed by atoms with Crippen molar-refractivity contribution in [3.05, 3.63) is 18.2 Å². The second-order valence-electron chi connectivity index (χ2n) is 7.42.